The van der Waals surface area contributed by atoms with Gasteiger partial charge in [0.15, 0.2) is 11.7 Å². The topological polar surface area (TPSA) is 52.6 Å². The number of carbonyl (C=O) groups excluding carboxylic acids is 2. The van der Waals surface area contributed by atoms with Crippen LogP contribution in [-0.4, -0.2) is 23.6 Å². The van der Waals surface area contributed by atoms with Gasteiger partial charge in [-0.1, -0.05) is 27.2 Å². The molecule has 0 aromatic heterocycles. The zero-order valence-corrected chi connectivity index (χ0v) is 14.5. The molecule has 2 saturated carbocycles. The van der Waals surface area contributed by atoms with Crippen LogP contribution < -0.4 is 0 Å². The zero-order chi connectivity index (χ0) is 16.6. The average molecular weight is 318 g/mol. The third-order valence-electron chi connectivity index (χ3n) is 7.18. The Morgan fingerprint density at radius 2 is 1.87 bits per heavy atom. The highest BCUT2D eigenvalue weighted by Crippen LogP contribution is 2.65. The SMILES string of the molecule is C[C@H]1C(=O)O[C@@]23CC[C@H]4C(C)(C)CCC[C@]4(C)C2=CC(=O)O[C@@H]13. The molecule has 4 nitrogen and oxygen atoms in total. The number of carbonyl (C=O) groups is 2. The molecule has 0 N–H and O–H groups in total. The summed E-state index contributed by atoms with van der Waals surface area (Å²) in [6, 6.07) is 0. The van der Waals surface area contributed by atoms with E-state index in [2.05, 4.69) is 20.8 Å². The smallest absolute Gasteiger partial charge is 0.331 e. The molecule has 2 aliphatic carbocycles. The monoisotopic (exact) mass is 318 g/mol. The van der Waals surface area contributed by atoms with Gasteiger partial charge in [0.25, 0.3) is 0 Å². The van der Waals surface area contributed by atoms with Gasteiger partial charge < -0.3 is 9.47 Å². The molecule has 0 radical (unpaired) electrons. The van der Waals surface area contributed by atoms with Crippen molar-refractivity contribution in [3.8, 4) is 0 Å². The molecule has 5 atom stereocenters. The minimum Gasteiger partial charge on any atom is -0.454 e. The van der Waals surface area contributed by atoms with Crippen LogP contribution in [0.2, 0.25) is 0 Å². The first-order valence-electron chi connectivity index (χ1n) is 8.87. The average Bonchev–Trinajstić information content (AvgIpc) is 2.69. The van der Waals surface area contributed by atoms with Crippen LogP contribution in [0.3, 0.4) is 0 Å². The van der Waals surface area contributed by atoms with Crippen LogP contribution in [0.4, 0.5) is 0 Å². The van der Waals surface area contributed by atoms with Crippen molar-refractivity contribution in [1.29, 1.82) is 0 Å². The Kier molecular flexibility index (Phi) is 2.91. The van der Waals surface area contributed by atoms with Crippen molar-refractivity contribution in [3.05, 3.63) is 11.6 Å². The van der Waals surface area contributed by atoms with Crippen molar-refractivity contribution < 1.29 is 19.1 Å². The summed E-state index contributed by atoms with van der Waals surface area (Å²) in [5, 5.41) is 0. The summed E-state index contributed by atoms with van der Waals surface area (Å²) < 4.78 is 11.5. The first-order valence-corrected chi connectivity index (χ1v) is 8.87. The van der Waals surface area contributed by atoms with Gasteiger partial charge in [-0.25, -0.2) is 4.79 Å². The minimum absolute atomic E-state index is 0.0813. The lowest BCUT2D eigenvalue weighted by molar-refractivity contribution is -0.172. The zero-order valence-electron chi connectivity index (χ0n) is 14.5. The Labute approximate surface area is 137 Å². The summed E-state index contributed by atoms with van der Waals surface area (Å²) >= 11 is 0. The normalized spacial score (nSPS) is 47.7. The fourth-order valence-corrected chi connectivity index (χ4v) is 6.15. The van der Waals surface area contributed by atoms with E-state index in [1.165, 1.54) is 6.42 Å². The molecular weight excluding hydrogens is 292 g/mol. The Morgan fingerprint density at radius 3 is 2.61 bits per heavy atom. The van der Waals surface area contributed by atoms with E-state index < -0.39 is 11.7 Å². The fraction of sp³-hybridized carbons (Fsp3) is 0.789. The number of ether oxygens (including phenoxy) is 2. The molecule has 3 fully saturated rings. The van der Waals surface area contributed by atoms with E-state index >= 15 is 0 Å². The van der Waals surface area contributed by atoms with E-state index in [9.17, 15) is 9.59 Å². The molecule has 0 amide bonds. The van der Waals surface area contributed by atoms with E-state index in [4.69, 9.17) is 9.47 Å². The summed E-state index contributed by atoms with van der Waals surface area (Å²) in [7, 11) is 0. The van der Waals surface area contributed by atoms with Crippen LogP contribution in [0.5, 0.6) is 0 Å². The second-order valence-electron chi connectivity index (χ2n) is 8.87. The third-order valence-corrected chi connectivity index (χ3v) is 7.18. The molecule has 0 aromatic rings. The molecule has 1 saturated heterocycles. The molecule has 2 heterocycles. The number of hydrogen-bond donors (Lipinski definition) is 0. The van der Waals surface area contributed by atoms with E-state index in [1.807, 2.05) is 6.92 Å². The van der Waals surface area contributed by atoms with Crippen molar-refractivity contribution in [1.82, 2.24) is 0 Å². The standard InChI is InChI=1S/C19H26O4/c1-11-15-19(23-16(11)21)9-6-12-17(2,3)7-5-8-18(12,4)13(19)10-14(20)22-15/h10-12,15H,5-9H2,1-4H3/t11-,12+,15+,18+,19+/m1/s1. The van der Waals surface area contributed by atoms with Crippen molar-refractivity contribution in [2.75, 3.05) is 0 Å². The van der Waals surface area contributed by atoms with Gasteiger partial charge in [0, 0.05) is 6.08 Å². The van der Waals surface area contributed by atoms with Gasteiger partial charge in [-0.2, -0.15) is 0 Å². The third kappa shape index (κ3) is 1.78. The van der Waals surface area contributed by atoms with Gasteiger partial charge in [0.05, 0.1) is 5.92 Å². The van der Waals surface area contributed by atoms with Crippen LogP contribution in [0.15, 0.2) is 11.6 Å². The number of hydrogen-bond acceptors (Lipinski definition) is 4. The number of rotatable bonds is 0. The van der Waals surface area contributed by atoms with Crippen LogP contribution in [0, 0.1) is 22.7 Å². The maximum atomic E-state index is 12.2. The van der Waals surface area contributed by atoms with Crippen molar-refractivity contribution in [2.45, 2.75) is 71.5 Å². The molecule has 2 aliphatic heterocycles. The molecule has 0 aromatic carbocycles. The van der Waals surface area contributed by atoms with Crippen molar-refractivity contribution >= 4 is 11.9 Å². The highest BCUT2D eigenvalue weighted by molar-refractivity contribution is 5.88. The first kappa shape index (κ1) is 15.2. The highest BCUT2D eigenvalue weighted by Gasteiger charge is 2.67. The highest BCUT2D eigenvalue weighted by atomic mass is 16.6. The Bertz CT molecular complexity index is 619. The van der Waals surface area contributed by atoms with Gasteiger partial charge in [-0.15, -0.1) is 0 Å². The molecular formula is C19H26O4. The molecule has 126 valence electrons. The molecule has 4 heteroatoms. The lowest BCUT2D eigenvalue weighted by Crippen LogP contribution is -2.60. The number of esters is 2. The lowest BCUT2D eigenvalue weighted by Gasteiger charge is -2.60. The Morgan fingerprint density at radius 1 is 1.13 bits per heavy atom. The van der Waals surface area contributed by atoms with E-state index in [1.54, 1.807) is 6.08 Å². The molecule has 1 spiro atoms. The fourth-order valence-electron chi connectivity index (χ4n) is 6.15. The summed E-state index contributed by atoms with van der Waals surface area (Å²) in [5.74, 6) is -0.398. The predicted octanol–water partition coefficient (Wildman–Crippen LogP) is 3.40. The first-order chi connectivity index (χ1) is 10.7. The molecule has 4 rings (SSSR count). The van der Waals surface area contributed by atoms with Gasteiger partial charge in [0.2, 0.25) is 0 Å². The van der Waals surface area contributed by atoms with Crippen LogP contribution >= 0.6 is 0 Å². The van der Waals surface area contributed by atoms with E-state index in [0.717, 1.165) is 31.3 Å². The van der Waals surface area contributed by atoms with Gasteiger partial charge in [-0.05, 0) is 54.9 Å². The Hall–Kier alpha value is -1.32. The van der Waals surface area contributed by atoms with Crippen molar-refractivity contribution in [3.63, 3.8) is 0 Å². The summed E-state index contributed by atoms with van der Waals surface area (Å²) in [5.41, 5.74) is 0.499. The van der Waals surface area contributed by atoms with Crippen LogP contribution in [0.25, 0.3) is 0 Å². The number of fused-ring (bicyclic) bond motifs is 2. The van der Waals surface area contributed by atoms with Crippen molar-refractivity contribution in [2.24, 2.45) is 22.7 Å². The lowest BCUT2D eigenvalue weighted by atomic mass is 9.46. The quantitative estimate of drug-likeness (QED) is 0.642. The predicted molar refractivity (Wildman–Crippen MR) is 84.4 cm³/mol. The second-order valence-corrected chi connectivity index (χ2v) is 8.87. The molecule has 0 unspecified atom stereocenters. The van der Waals surface area contributed by atoms with E-state index in [-0.39, 0.29) is 28.7 Å². The largest absolute Gasteiger partial charge is 0.454 e. The maximum Gasteiger partial charge on any atom is 0.331 e. The maximum absolute atomic E-state index is 12.2. The Balaban J connectivity index is 1.86. The molecule has 23 heavy (non-hydrogen) atoms. The van der Waals surface area contributed by atoms with E-state index in [0.29, 0.717) is 5.92 Å². The summed E-state index contributed by atoms with van der Waals surface area (Å²) in [6.45, 7) is 8.78. The van der Waals surface area contributed by atoms with Crippen LogP contribution in [-0.2, 0) is 19.1 Å². The summed E-state index contributed by atoms with van der Waals surface area (Å²) in [4.78, 5) is 24.5. The minimum atomic E-state index is -0.705. The van der Waals surface area contributed by atoms with Crippen LogP contribution in [0.1, 0.15) is 59.8 Å². The molecule has 0 bridgehead atoms. The van der Waals surface area contributed by atoms with Gasteiger partial charge in [0.1, 0.15) is 0 Å². The van der Waals surface area contributed by atoms with Gasteiger partial charge in [-0.3, -0.25) is 4.79 Å². The molecule has 4 aliphatic rings. The van der Waals surface area contributed by atoms with Gasteiger partial charge >= 0.3 is 11.9 Å². The summed E-state index contributed by atoms with van der Waals surface area (Å²) in [6.07, 6.45) is 6.42. The second kappa shape index (κ2) is 4.40.